The standard InChI is InChI=1S/C19H35N3O2.HI/c1-3-19(9-5-6-10-19)15-21-18(20-4-2)22-11-13-24-17(14-22)16-8-7-12-23-16;/h16-17H,3-15H2,1-2H3,(H,20,21);1H. The molecule has 25 heavy (non-hydrogen) atoms. The molecule has 1 saturated carbocycles. The van der Waals surface area contributed by atoms with E-state index in [0.29, 0.717) is 5.41 Å². The van der Waals surface area contributed by atoms with Crippen LogP contribution < -0.4 is 5.32 Å². The first-order valence-electron chi connectivity index (χ1n) is 10.0. The van der Waals surface area contributed by atoms with Gasteiger partial charge in [0, 0.05) is 32.8 Å². The van der Waals surface area contributed by atoms with Crippen LogP contribution >= 0.6 is 24.0 Å². The summed E-state index contributed by atoms with van der Waals surface area (Å²) in [7, 11) is 0. The van der Waals surface area contributed by atoms with Crippen LogP contribution in [0.5, 0.6) is 0 Å². The molecule has 3 aliphatic rings. The number of hydrogen-bond donors (Lipinski definition) is 1. The third-order valence-electron chi connectivity index (χ3n) is 6.09. The first-order chi connectivity index (χ1) is 11.8. The Bertz CT molecular complexity index is 421. The summed E-state index contributed by atoms with van der Waals surface area (Å²) in [5.74, 6) is 1.07. The van der Waals surface area contributed by atoms with Crippen LogP contribution in [0.4, 0.5) is 0 Å². The summed E-state index contributed by atoms with van der Waals surface area (Å²) in [4.78, 5) is 7.44. The molecule has 0 aromatic heterocycles. The predicted molar refractivity (Wildman–Crippen MR) is 113 cm³/mol. The average Bonchev–Trinajstić information content (AvgIpc) is 3.31. The maximum absolute atomic E-state index is 5.99. The van der Waals surface area contributed by atoms with E-state index < -0.39 is 0 Å². The van der Waals surface area contributed by atoms with Crippen molar-refractivity contribution in [2.75, 3.05) is 39.4 Å². The van der Waals surface area contributed by atoms with Crippen LogP contribution in [0, 0.1) is 5.41 Å². The summed E-state index contributed by atoms with van der Waals surface area (Å²) in [5.41, 5.74) is 0.445. The molecule has 0 amide bonds. The van der Waals surface area contributed by atoms with Crippen molar-refractivity contribution in [2.24, 2.45) is 10.4 Å². The number of aliphatic imine (C=N–C) groups is 1. The molecule has 146 valence electrons. The molecule has 3 fully saturated rings. The Morgan fingerprint density at radius 1 is 1.12 bits per heavy atom. The molecule has 1 N–H and O–H groups in total. The number of ether oxygens (including phenoxy) is 2. The lowest BCUT2D eigenvalue weighted by atomic mass is 9.83. The van der Waals surface area contributed by atoms with Crippen LogP contribution in [0.15, 0.2) is 4.99 Å². The van der Waals surface area contributed by atoms with Gasteiger partial charge in [-0.3, -0.25) is 4.99 Å². The van der Waals surface area contributed by atoms with E-state index in [0.717, 1.165) is 58.2 Å². The quantitative estimate of drug-likeness (QED) is 0.384. The highest BCUT2D eigenvalue weighted by Gasteiger charge is 2.34. The molecule has 6 heteroatoms. The zero-order valence-electron chi connectivity index (χ0n) is 16.0. The van der Waals surface area contributed by atoms with Crippen molar-refractivity contribution in [3.63, 3.8) is 0 Å². The van der Waals surface area contributed by atoms with Gasteiger partial charge in [-0.25, -0.2) is 0 Å². The van der Waals surface area contributed by atoms with Crippen LogP contribution in [-0.4, -0.2) is 62.5 Å². The van der Waals surface area contributed by atoms with E-state index >= 15 is 0 Å². The number of halogens is 1. The van der Waals surface area contributed by atoms with E-state index in [2.05, 4.69) is 24.1 Å². The molecule has 1 aliphatic carbocycles. The first kappa shape index (κ1) is 21.2. The first-order valence-corrected chi connectivity index (χ1v) is 10.0. The molecule has 2 heterocycles. The van der Waals surface area contributed by atoms with Crippen molar-refractivity contribution < 1.29 is 9.47 Å². The molecule has 2 unspecified atom stereocenters. The number of morpholine rings is 1. The zero-order valence-corrected chi connectivity index (χ0v) is 18.3. The number of hydrogen-bond acceptors (Lipinski definition) is 3. The number of guanidine groups is 1. The minimum absolute atomic E-state index is 0. The summed E-state index contributed by atoms with van der Waals surface area (Å²) in [5, 5.41) is 3.51. The SMILES string of the molecule is CCNC(=NCC1(CC)CCCC1)N1CCOC(C2CCCO2)C1.I. The van der Waals surface area contributed by atoms with Gasteiger partial charge >= 0.3 is 0 Å². The van der Waals surface area contributed by atoms with Gasteiger partial charge in [-0.2, -0.15) is 0 Å². The second kappa shape index (κ2) is 10.3. The molecular formula is C19H36IN3O2. The Balaban J connectivity index is 0.00000225. The highest BCUT2D eigenvalue weighted by Crippen LogP contribution is 2.41. The molecule has 5 nitrogen and oxygen atoms in total. The lowest BCUT2D eigenvalue weighted by molar-refractivity contribution is -0.0817. The lowest BCUT2D eigenvalue weighted by Gasteiger charge is -2.37. The third kappa shape index (κ3) is 5.45. The van der Waals surface area contributed by atoms with Crippen molar-refractivity contribution in [3.8, 4) is 0 Å². The Labute approximate surface area is 170 Å². The van der Waals surface area contributed by atoms with E-state index in [1.807, 2.05) is 0 Å². The van der Waals surface area contributed by atoms with E-state index in [1.54, 1.807) is 0 Å². The topological polar surface area (TPSA) is 46.1 Å². The van der Waals surface area contributed by atoms with E-state index in [-0.39, 0.29) is 36.2 Å². The number of nitrogens with zero attached hydrogens (tertiary/aromatic N) is 2. The Hall–Kier alpha value is -0.0800. The van der Waals surface area contributed by atoms with Crippen LogP contribution in [0.2, 0.25) is 0 Å². The average molecular weight is 465 g/mol. The third-order valence-corrected chi connectivity index (χ3v) is 6.09. The Kier molecular flexibility index (Phi) is 8.75. The van der Waals surface area contributed by atoms with Crippen molar-refractivity contribution in [1.82, 2.24) is 10.2 Å². The van der Waals surface area contributed by atoms with Crippen molar-refractivity contribution in [2.45, 2.75) is 71.0 Å². The van der Waals surface area contributed by atoms with E-state index in [1.165, 1.54) is 32.1 Å². The van der Waals surface area contributed by atoms with Crippen molar-refractivity contribution >= 4 is 29.9 Å². The maximum atomic E-state index is 5.99. The number of nitrogens with one attached hydrogen (secondary N) is 1. The highest BCUT2D eigenvalue weighted by molar-refractivity contribution is 14.0. The minimum atomic E-state index is 0. The van der Waals surface area contributed by atoms with Gasteiger partial charge in [0.2, 0.25) is 0 Å². The van der Waals surface area contributed by atoms with Crippen LogP contribution in [0.25, 0.3) is 0 Å². The van der Waals surface area contributed by atoms with Gasteiger partial charge in [-0.05, 0) is 44.4 Å². The molecule has 0 bridgehead atoms. The molecule has 2 saturated heterocycles. The summed E-state index contributed by atoms with van der Waals surface area (Å²) >= 11 is 0. The molecular weight excluding hydrogens is 429 g/mol. The van der Waals surface area contributed by atoms with Gasteiger partial charge in [0.05, 0.1) is 12.7 Å². The predicted octanol–water partition coefficient (Wildman–Crippen LogP) is 3.42. The molecule has 0 aromatic rings. The van der Waals surface area contributed by atoms with Crippen LogP contribution in [0.3, 0.4) is 0 Å². The summed E-state index contributed by atoms with van der Waals surface area (Å²) in [6, 6.07) is 0. The summed E-state index contributed by atoms with van der Waals surface area (Å²) < 4.78 is 11.8. The smallest absolute Gasteiger partial charge is 0.194 e. The number of rotatable bonds is 5. The van der Waals surface area contributed by atoms with Gasteiger partial charge in [0.1, 0.15) is 6.10 Å². The summed E-state index contributed by atoms with van der Waals surface area (Å²) in [6.07, 6.45) is 9.43. The molecule has 2 aliphatic heterocycles. The van der Waals surface area contributed by atoms with Crippen molar-refractivity contribution in [3.05, 3.63) is 0 Å². The van der Waals surface area contributed by atoms with Crippen LogP contribution in [0.1, 0.15) is 58.8 Å². The fourth-order valence-electron chi connectivity index (χ4n) is 4.41. The van der Waals surface area contributed by atoms with E-state index in [9.17, 15) is 0 Å². The molecule has 0 spiro atoms. The molecule has 0 aromatic carbocycles. The van der Waals surface area contributed by atoms with E-state index in [4.69, 9.17) is 14.5 Å². The largest absolute Gasteiger partial charge is 0.375 e. The maximum Gasteiger partial charge on any atom is 0.194 e. The molecule has 0 radical (unpaired) electrons. The fraction of sp³-hybridized carbons (Fsp3) is 0.947. The van der Waals surface area contributed by atoms with Crippen molar-refractivity contribution in [1.29, 1.82) is 0 Å². The second-order valence-corrected chi connectivity index (χ2v) is 7.64. The Morgan fingerprint density at radius 3 is 2.52 bits per heavy atom. The Morgan fingerprint density at radius 2 is 1.88 bits per heavy atom. The molecule has 2 atom stereocenters. The zero-order chi connectivity index (χ0) is 16.8. The lowest BCUT2D eigenvalue weighted by Crippen LogP contribution is -2.53. The monoisotopic (exact) mass is 465 g/mol. The van der Waals surface area contributed by atoms with Crippen LogP contribution in [-0.2, 0) is 9.47 Å². The normalized spacial score (nSPS) is 29.5. The van der Waals surface area contributed by atoms with Gasteiger partial charge in [-0.1, -0.05) is 19.8 Å². The summed E-state index contributed by atoms with van der Waals surface area (Å²) in [6.45, 7) is 9.84. The van der Waals surface area contributed by atoms with Gasteiger partial charge in [0.25, 0.3) is 0 Å². The van der Waals surface area contributed by atoms with Gasteiger partial charge in [0.15, 0.2) is 5.96 Å². The van der Waals surface area contributed by atoms with Gasteiger partial charge in [-0.15, -0.1) is 24.0 Å². The minimum Gasteiger partial charge on any atom is -0.375 e. The fourth-order valence-corrected chi connectivity index (χ4v) is 4.41. The molecule has 3 rings (SSSR count). The van der Waals surface area contributed by atoms with Gasteiger partial charge < -0.3 is 19.7 Å². The second-order valence-electron chi connectivity index (χ2n) is 7.64. The highest BCUT2D eigenvalue weighted by atomic mass is 127.